The molecule has 8 aromatic rings. The first-order chi connectivity index (χ1) is 27.8. The standard InChI is InChI=1S/C53H48N3O/c1-7-45-39-20-12-11-19-38(39)40-27-25-36-26-28-42-41-21-13-16-24-49(41)57-52(42)50(36)53-55(34(6)29-46(40)54-45)47-22-14-15-23-48(47)56(53)51-43(32(2)3)30-37(31-44(51)33(4)5)35-17-9-8-10-18-35/h7-24,26,28,30-33,40,46H,1,6,25,27,29H2,2-5H3/q+1. The minimum atomic E-state index is 0.0157. The van der Waals surface area contributed by atoms with Gasteiger partial charge in [-0.05, 0) is 83.3 Å². The smallest absolute Gasteiger partial charge is 0.304 e. The van der Waals surface area contributed by atoms with E-state index in [1.54, 1.807) is 0 Å². The minimum Gasteiger partial charge on any atom is -0.455 e. The predicted molar refractivity (Wildman–Crippen MR) is 238 cm³/mol. The first-order valence-electron chi connectivity index (χ1n) is 20.5. The molecule has 57 heavy (non-hydrogen) atoms. The fraction of sp³-hybridized carbons (Fsp3) is 0.208. The molecule has 2 aliphatic rings. The summed E-state index contributed by atoms with van der Waals surface area (Å²) in [5.74, 6) is 1.81. The number of aliphatic imine (C=N–C) groups is 1. The molecular weight excluding hydrogens is 695 g/mol. The Labute approximate surface area is 335 Å². The topological polar surface area (TPSA) is 34.3 Å². The number of hydrogen-bond acceptors (Lipinski definition) is 2. The third-order valence-corrected chi connectivity index (χ3v) is 12.5. The number of benzene rings is 6. The Bertz CT molecular complexity index is 2910. The maximum Gasteiger partial charge on any atom is 0.304 e. The van der Waals surface area contributed by atoms with Crippen LogP contribution < -0.4 is 4.57 Å². The second-order valence-corrected chi connectivity index (χ2v) is 16.5. The average molecular weight is 743 g/mol. The van der Waals surface area contributed by atoms with Crippen LogP contribution in [-0.4, -0.2) is 16.3 Å². The van der Waals surface area contributed by atoms with Gasteiger partial charge in [0.25, 0.3) is 0 Å². The molecular formula is C53H48N3O+. The minimum absolute atomic E-state index is 0.0157. The first kappa shape index (κ1) is 35.2. The third-order valence-electron chi connectivity index (χ3n) is 12.5. The SMILES string of the molecule is C=CC1=NC2CC(=C)n3c([n+](-c4c(C(C)C)cc(-c5ccccc5)cc4C(C)C)c4ccccc43)-c3c(ccc4c3oc3ccccc34)CCC2c2ccccc21. The predicted octanol–water partition coefficient (Wildman–Crippen LogP) is 13.3. The van der Waals surface area contributed by atoms with Crippen molar-refractivity contribution in [1.82, 2.24) is 4.57 Å². The summed E-state index contributed by atoms with van der Waals surface area (Å²) in [4.78, 5) is 5.45. The van der Waals surface area contributed by atoms with Crippen LogP contribution in [-0.2, 0) is 6.42 Å². The lowest BCUT2D eigenvalue weighted by molar-refractivity contribution is -0.556. The van der Waals surface area contributed by atoms with Gasteiger partial charge in [0, 0.05) is 39.8 Å². The lowest BCUT2D eigenvalue weighted by Crippen LogP contribution is -2.37. The number of nitrogens with zero attached hydrogens (tertiary/aromatic N) is 3. The number of aromatic nitrogens is 2. The van der Waals surface area contributed by atoms with Gasteiger partial charge in [-0.15, -0.1) is 0 Å². The maximum atomic E-state index is 7.03. The van der Waals surface area contributed by atoms with E-state index < -0.39 is 0 Å². The van der Waals surface area contributed by atoms with Crippen molar-refractivity contribution >= 4 is 44.4 Å². The lowest BCUT2D eigenvalue weighted by atomic mass is 9.78. The number of hydrogen-bond donors (Lipinski definition) is 0. The third kappa shape index (κ3) is 5.56. The molecule has 0 spiro atoms. The fourth-order valence-electron chi connectivity index (χ4n) is 9.78. The van der Waals surface area contributed by atoms with Gasteiger partial charge in [0.15, 0.2) is 16.6 Å². The molecule has 2 unspecified atom stereocenters. The van der Waals surface area contributed by atoms with Crippen LogP contribution in [0.3, 0.4) is 0 Å². The molecule has 0 aliphatic carbocycles. The highest BCUT2D eigenvalue weighted by Crippen LogP contribution is 2.46. The van der Waals surface area contributed by atoms with Crippen LogP contribution in [0.25, 0.3) is 66.9 Å². The zero-order valence-corrected chi connectivity index (χ0v) is 33.3. The van der Waals surface area contributed by atoms with Gasteiger partial charge in [0.05, 0.1) is 11.8 Å². The number of allylic oxidation sites excluding steroid dienone is 1. The highest BCUT2D eigenvalue weighted by atomic mass is 16.3. The van der Waals surface area contributed by atoms with Crippen LogP contribution in [0.2, 0.25) is 0 Å². The number of fused-ring (bicyclic) bond motifs is 12. The molecule has 0 radical (unpaired) electrons. The van der Waals surface area contributed by atoms with Gasteiger partial charge < -0.3 is 4.42 Å². The van der Waals surface area contributed by atoms with E-state index in [-0.39, 0.29) is 23.8 Å². The molecule has 6 aromatic carbocycles. The molecule has 2 aliphatic heterocycles. The monoisotopic (exact) mass is 742 g/mol. The Kier molecular flexibility index (Phi) is 8.48. The van der Waals surface area contributed by atoms with E-state index in [9.17, 15) is 0 Å². The highest BCUT2D eigenvalue weighted by Gasteiger charge is 2.40. The van der Waals surface area contributed by atoms with Gasteiger partial charge in [-0.3, -0.25) is 4.99 Å². The van der Waals surface area contributed by atoms with E-state index in [0.29, 0.717) is 6.42 Å². The Morgan fingerprint density at radius 3 is 2.25 bits per heavy atom. The van der Waals surface area contributed by atoms with E-state index >= 15 is 0 Å². The molecule has 0 amide bonds. The van der Waals surface area contributed by atoms with Gasteiger partial charge >= 0.3 is 5.82 Å². The molecule has 0 N–H and O–H groups in total. The van der Waals surface area contributed by atoms with Crippen molar-refractivity contribution in [1.29, 1.82) is 0 Å². The van der Waals surface area contributed by atoms with Gasteiger partial charge in [0.2, 0.25) is 0 Å². The van der Waals surface area contributed by atoms with Gasteiger partial charge in [-0.2, -0.15) is 9.13 Å². The second kappa shape index (κ2) is 13.7. The van der Waals surface area contributed by atoms with Crippen LogP contribution in [0.4, 0.5) is 0 Å². The van der Waals surface area contributed by atoms with E-state index in [1.165, 1.54) is 44.6 Å². The molecule has 10 rings (SSSR count). The van der Waals surface area contributed by atoms with Crippen LogP contribution in [0.15, 0.2) is 156 Å². The quantitative estimate of drug-likeness (QED) is 0.162. The van der Waals surface area contributed by atoms with E-state index in [2.05, 4.69) is 171 Å². The average Bonchev–Trinajstić information content (AvgIpc) is 3.78. The molecule has 4 heterocycles. The maximum absolute atomic E-state index is 7.03. The Balaban J connectivity index is 1.35. The molecule has 0 saturated heterocycles. The molecule has 2 atom stereocenters. The summed E-state index contributed by atoms with van der Waals surface area (Å²) in [6, 6.07) is 46.5. The second-order valence-electron chi connectivity index (χ2n) is 16.5. The van der Waals surface area contributed by atoms with E-state index in [1.807, 2.05) is 6.08 Å². The molecule has 4 nitrogen and oxygen atoms in total. The zero-order chi connectivity index (χ0) is 38.9. The van der Waals surface area contributed by atoms with E-state index in [0.717, 1.165) is 68.6 Å². The number of rotatable bonds is 5. The van der Waals surface area contributed by atoms with Crippen LogP contribution >= 0.6 is 0 Å². The number of imidazole rings is 1. The summed E-state index contributed by atoms with van der Waals surface area (Å²) in [5.41, 5.74) is 17.4. The summed E-state index contributed by atoms with van der Waals surface area (Å²) < 4.78 is 12.1. The van der Waals surface area contributed by atoms with Gasteiger partial charge in [0.1, 0.15) is 22.5 Å². The van der Waals surface area contributed by atoms with E-state index in [4.69, 9.17) is 16.0 Å². The molecule has 2 aromatic heterocycles. The Morgan fingerprint density at radius 2 is 1.47 bits per heavy atom. The molecule has 280 valence electrons. The number of furan rings is 1. The van der Waals surface area contributed by atoms with Crippen molar-refractivity contribution in [3.8, 4) is 28.2 Å². The zero-order valence-electron chi connectivity index (χ0n) is 33.3. The van der Waals surface area contributed by atoms with Crippen molar-refractivity contribution < 1.29 is 8.98 Å². The van der Waals surface area contributed by atoms with Gasteiger partial charge in [-0.1, -0.05) is 138 Å². The molecule has 0 saturated carbocycles. The molecule has 0 bridgehead atoms. The molecule has 4 heteroatoms. The van der Waals surface area contributed by atoms with Crippen molar-refractivity contribution in [3.05, 3.63) is 174 Å². The molecule has 0 fully saturated rings. The number of para-hydroxylation sites is 3. The summed E-state index contributed by atoms with van der Waals surface area (Å²) in [7, 11) is 0. The normalized spacial score (nSPS) is 16.7. The van der Waals surface area contributed by atoms with Gasteiger partial charge in [-0.25, -0.2) is 0 Å². The van der Waals surface area contributed by atoms with Crippen LogP contribution in [0.1, 0.15) is 86.1 Å². The Hall–Kier alpha value is -6.26. The first-order valence-corrected chi connectivity index (χ1v) is 20.5. The largest absolute Gasteiger partial charge is 0.455 e. The number of aryl methyl sites for hydroxylation is 1. The van der Waals surface area contributed by atoms with Crippen molar-refractivity contribution in [3.63, 3.8) is 0 Å². The summed E-state index contributed by atoms with van der Waals surface area (Å²) in [6.07, 6.45) is 4.44. The van der Waals surface area contributed by atoms with Crippen molar-refractivity contribution in [2.75, 3.05) is 0 Å². The summed E-state index contributed by atoms with van der Waals surface area (Å²) >= 11 is 0. The van der Waals surface area contributed by atoms with Crippen LogP contribution in [0.5, 0.6) is 0 Å². The Morgan fingerprint density at radius 1 is 0.772 bits per heavy atom. The van der Waals surface area contributed by atoms with Crippen LogP contribution in [0, 0.1) is 0 Å². The summed E-state index contributed by atoms with van der Waals surface area (Å²) in [6.45, 7) is 18.5. The van der Waals surface area contributed by atoms with Crippen molar-refractivity contribution in [2.45, 2.75) is 70.8 Å². The lowest BCUT2D eigenvalue weighted by Gasteiger charge is -2.32. The highest BCUT2D eigenvalue weighted by molar-refractivity contribution is 6.11. The van der Waals surface area contributed by atoms with Crippen molar-refractivity contribution in [2.24, 2.45) is 4.99 Å². The fourth-order valence-corrected chi connectivity index (χ4v) is 9.78. The summed E-state index contributed by atoms with van der Waals surface area (Å²) in [5, 5.41) is 2.26.